The number of nitrogens with two attached hydrogens (primary N) is 1. The first-order chi connectivity index (χ1) is 8.83. The van der Waals surface area contributed by atoms with Crippen LogP contribution >= 0.6 is 0 Å². The fraction of sp³-hybridized carbons (Fsp3) is 0.533. The summed E-state index contributed by atoms with van der Waals surface area (Å²) in [5, 5.41) is 0. The molecule has 18 heavy (non-hydrogen) atoms. The molecule has 0 spiro atoms. The molecular weight excluding hydrogens is 222 g/mol. The average molecular weight is 243 g/mol. The van der Waals surface area contributed by atoms with Crippen LogP contribution in [0.15, 0.2) is 29.3 Å². The second-order valence-electron chi connectivity index (χ2n) is 5.38. The number of likely N-dealkylation sites (tertiary alicyclic amines) is 1. The number of guanidine groups is 1. The predicted molar refractivity (Wildman–Crippen MR) is 74.6 cm³/mol. The van der Waals surface area contributed by atoms with Gasteiger partial charge < -0.3 is 10.6 Å². The monoisotopic (exact) mass is 243 g/mol. The number of aliphatic imine (C=N–C) groups is 1. The largest absolute Gasteiger partial charge is 0.370 e. The van der Waals surface area contributed by atoms with Crippen molar-refractivity contribution in [3.8, 4) is 0 Å². The quantitative estimate of drug-likeness (QED) is 0.654. The van der Waals surface area contributed by atoms with E-state index in [1.165, 1.54) is 36.8 Å². The van der Waals surface area contributed by atoms with Crippen molar-refractivity contribution < 1.29 is 0 Å². The lowest BCUT2D eigenvalue weighted by Gasteiger charge is -2.31. The number of benzene rings is 1. The van der Waals surface area contributed by atoms with Gasteiger partial charge in [0.1, 0.15) is 0 Å². The summed E-state index contributed by atoms with van der Waals surface area (Å²) in [7, 11) is 0. The van der Waals surface area contributed by atoms with Crippen LogP contribution in [0, 0.1) is 0 Å². The molecule has 2 aliphatic rings. The summed E-state index contributed by atoms with van der Waals surface area (Å²) >= 11 is 0. The number of rotatable bonds is 3. The summed E-state index contributed by atoms with van der Waals surface area (Å²) in [6, 6.07) is 8.91. The van der Waals surface area contributed by atoms with E-state index in [0.717, 1.165) is 19.0 Å². The predicted octanol–water partition coefficient (Wildman–Crippen LogP) is 2.47. The van der Waals surface area contributed by atoms with Gasteiger partial charge in [0, 0.05) is 13.1 Å². The molecule has 0 amide bonds. The molecule has 1 saturated heterocycles. The Hall–Kier alpha value is -1.51. The zero-order valence-electron chi connectivity index (χ0n) is 10.8. The Morgan fingerprint density at radius 3 is 2.39 bits per heavy atom. The molecule has 0 atom stereocenters. The van der Waals surface area contributed by atoms with E-state index >= 15 is 0 Å². The topological polar surface area (TPSA) is 41.6 Å². The molecule has 2 N–H and O–H groups in total. The van der Waals surface area contributed by atoms with Crippen LogP contribution in [0.2, 0.25) is 0 Å². The van der Waals surface area contributed by atoms with Crippen molar-refractivity contribution in [1.82, 2.24) is 4.90 Å². The Bertz CT molecular complexity index is 428. The maximum absolute atomic E-state index is 5.91. The molecule has 1 aliphatic carbocycles. The molecule has 1 aliphatic heterocycles. The van der Waals surface area contributed by atoms with Crippen molar-refractivity contribution in [2.24, 2.45) is 10.7 Å². The van der Waals surface area contributed by atoms with Crippen LogP contribution in [-0.4, -0.2) is 23.9 Å². The Kier molecular flexibility index (Phi) is 3.22. The van der Waals surface area contributed by atoms with Crippen LogP contribution in [0.5, 0.6) is 0 Å². The van der Waals surface area contributed by atoms with E-state index in [1.54, 1.807) is 0 Å². The normalized spacial score (nSPS) is 20.4. The van der Waals surface area contributed by atoms with E-state index in [0.29, 0.717) is 12.5 Å². The third-order valence-corrected chi connectivity index (χ3v) is 4.16. The molecule has 1 heterocycles. The van der Waals surface area contributed by atoms with Gasteiger partial charge >= 0.3 is 0 Å². The number of hydrogen-bond acceptors (Lipinski definition) is 1. The first-order valence-electron chi connectivity index (χ1n) is 6.96. The third-order valence-electron chi connectivity index (χ3n) is 4.16. The summed E-state index contributed by atoms with van der Waals surface area (Å²) in [6.45, 7) is 2.83. The number of nitrogens with zero attached hydrogens (tertiary/aromatic N) is 2. The van der Waals surface area contributed by atoms with Gasteiger partial charge in [0.15, 0.2) is 5.96 Å². The smallest absolute Gasteiger partial charge is 0.191 e. The highest BCUT2D eigenvalue weighted by Crippen LogP contribution is 2.36. The minimum atomic E-state index is 0.698. The van der Waals surface area contributed by atoms with E-state index in [1.807, 2.05) is 0 Å². The lowest BCUT2D eigenvalue weighted by molar-refractivity contribution is 0.295. The average Bonchev–Trinajstić information content (AvgIpc) is 2.23. The summed E-state index contributed by atoms with van der Waals surface area (Å²) in [4.78, 5) is 6.57. The Morgan fingerprint density at radius 1 is 1.17 bits per heavy atom. The lowest BCUT2D eigenvalue weighted by atomic mass is 9.80. The molecular formula is C15H21N3. The van der Waals surface area contributed by atoms with Crippen LogP contribution in [0.1, 0.15) is 42.7 Å². The van der Waals surface area contributed by atoms with Gasteiger partial charge in [-0.3, -0.25) is 0 Å². The van der Waals surface area contributed by atoms with E-state index in [9.17, 15) is 0 Å². The van der Waals surface area contributed by atoms with Gasteiger partial charge in [0.05, 0.1) is 6.54 Å². The minimum absolute atomic E-state index is 0.698. The van der Waals surface area contributed by atoms with Gasteiger partial charge in [-0.2, -0.15) is 0 Å². The highest BCUT2D eigenvalue weighted by molar-refractivity contribution is 5.78. The Morgan fingerprint density at radius 2 is 1.89 bits per heavy atom. The molecule has 2 fully saturated rings. The van der Waals surface area contributed by atoms with Gasteiger partial charge in [-0.15, -0.1) is 0 Å². The Balaban J connectivity index is 1.58. The highest BCUT2D eigenvalue weighted by atomic mass is 15.3. The fourth-order valence-corrected chi connectivity index (χ4v) is 2.45. The summed E-state index contributed by atoms with van der Waals surface area (Å²) in [5.74, 6) is 1.51. The van der Waals surface area contributed by atoms with Crippen molar-refractivity contribution in [2.45, 2.75) is 38.1 Å². The van der Waals surface area contributed by atoms with E-state index < -0.39 is 0 Å². The van der Waals surface area contributed by atoms with E-state index in [-0.39, 0.29) is 0 Å². The first-order valence-corrected chi connectivity index (χ1v) is 6.96. The summed E-state index contributed by atoms with van der Waals surface area (Å²) in [5.41, 5.74) is 8.65. The van der Waals surface area contributed by atoms with Crippen LogP contribution in [0.3, 0.4) is 0 Å². The van der Waals surface area contributed by atoms with Crippen LogP contribution in [-0.2, 0) is 6.54 Å². The van der Waals surface area contributed by atoms with Gasteiger partial charge in [-0.25, -0.2) is 4.99 Å². The second-order valence-corrected chi connectivity index (χ2v) is 5.38. The van der Waals surface area contributed by atoms with Crippen LogP contribution in [0.25, 0.3) is 0 Å². The van der Waals surface area contributed by atoms with Crippen molar-refractivity contribution in [2.75, 3.05) is 13.1 Å². The molecule has 1 aromatic rings. The molecule has 0 unspecified atom stereocenters. The van der Waals surface area contributed by atoms with E-state index in [4.69, 9.17) is 5.73 Å². The minimum Gasteiger partial charge on any atom is -0.370 e. The summed E-state index contributed by atoms with van der Waals surface area (Å²) in [6.07, 6.45) is 5.36. The van der Waals surface area contributed by atoms with E-state index in [2.05, 4.69) is 34.2 Å². The molecule has 3 heteroatoms. The molecule has 96 valence electrons. The highest BCUT2D eigenvalue weighted by Gasteiger charge is 2.19. The van der Waals surface area contributed by atoms with Gasteiger partial charge in [0.2, 0.25) is 0 Å². The SMILES string of the molecule is NC(=NCc1ccc(C2CCC2)cc1)N1CCC1. The van der Waals surface area contributed by atoms with Crippen molar-refractivity contribution in [3.63, 3.8) is 0 Å². The first kappa shape index (κ1) is 11.6. The molecule has 1 saturated carbocycles. The maximum Gasteiger partial charge on any atom is 0.191 e. The van der Waals surface area contributed by atoms with Gasteiger partial charge in [-0.05, 0) is 36.3 Å². The summed E-state index contributed by atoms with van der Waals surface area (Å²) < 4.78 is 0. The zero-order valence-corrected chi connectivity index (χ0v) is 10.8. The van der Waals surface area contributed by atoms with Gasteiger partial charge in [0.25, 0.3) is 0 Å². The van der Waals surface area contributed by atoms with Crippen molar-refractivity contribution >= 4 is 5.96 Å². The zero-order chi connectivity index (χ0) is 12.4. The van der Waals surface area contributed by atoms with Crippen LogP contribution < -0.4 is 5.73 Å². The molecule has 0 bridgehead atoms. The molecule has 0 aromatic heterocycles. The molecule has 1 aromatic carbocycles. The standard InChI is InChI=1S/C15H21N3/c16-15(18-9-2-10-18)17-11-12-5-7-14(8-6-12)13-3-1-4-13/h5-8,13H,1-4,9-11H2,(H2,16,17). The third kappa shape index (κ3) is 2.35. The fourth-order valence-electron chi connectivity index (χ4n) is 2.45. The maximum atomic E-state index is 5.91. The second kappa shape index (κ2) is 5.01. The molecule has 3 nitrogen and oxygen atoms in total. The van der Waals surface area contributed by atoms with Crippen molar-refractivity contribution in [3.05, 3.63) is 35.4 Å². The molecule has 3 rings (SSSR count). The number of hydrogen-bond donors (Lipinski definition) is 1. The van der Waals surface area contributed by atoms with Crippen molar-refractivity contribution in [1.29, 1.82) is 0 Å². The lowest BCUT2D eigenvalue weighted by Crippen LogP contribution is -2.46. The van der Waals surface area contributed by atoms with Gasteiger partial charge in [-0.1, -0.05) is 30.7 Å². The Labute approximate surface area is 109 Å². The molecule has 0 radical (unpaired) electrons. The van der Waals surface area contributed by atoms with Crippen LogP contribution in [0.4, 0.5) is 0 Å².